The molecule has 2 aliphatic carbocycles. The Balaban J connectivity index is 0.00000272. The lowest BCUT2D eigenvalue weighted by Gasteiger charge is -2.17. The number of aliphatic imine (C=N–C) groups is 1. The molecule has 1 heterocycles. The van der Waals surface area contributed by atoms with Gasteiger partial charge in [0.2, 0.25) is 11.8 Å². The molecule has 4 unspecified atom stereocenters. The minimum atomic E-state index is -0.110. The molecule has 4 rings (SSSR count). The number of halogens is 2. The first-order chi connectivity index (χ1) is 14.6. The van der Waals surface area contributed by atoms with Crippen LogP contribution in [0, 0.1) is 23.7 Å². The number of amides is 2. The van der Waals surface area contributed by atoms with Gasteiger partial charge in [0.25, 0.3) is 0 Å². The highest BCUT2D eigenvalue weighted by Crippen LogP contribution is 2.52. The zero-order valence-electron chi connectivity index (χ0n) is 17.7. The monoisotopic (exact) mass is 556 g/mol. The van der Waals surface area contributed by atoms with Crippen LogP contribution in [-0.2, 0) is 16.0 Å². The third kappa shape index (κ3) is 5.25. The molecule has 1 saturated heterocycles. The standard InChI is InChI=1S/C23H29ClN4O2.HI/c1-2-25-23(27-11-9-15-5-3-6-18(24)13-15)26-10-4-12-28-21(29)19-16-7-8-17(14-16)20(19)22(28)30;/h3,5-8,13,16-17,19-20H,2,4,9-12,14H2,1H3,(H2,25,26,27);1H. The van der Waals surface area contributed by atoms with Crippen molar-refractivity contribution in [2.75, 3.05) is 26.2 Å². The number of carbonyl (C=O) groups is 2. The summed E-state index contributed by atoms with van der Waals surface area (Å²) in [6, 6.07) is 7.84. The van der Waals surface area contributed by atoms with E-state index in [4.69, 9.17) is 11.6 Å². The SMILES string of the molecule is CCNC(=NCCCN1C(=O)C2C3C=CC(C3)C2C1=O)NCCc1cccc(Cl)c1.I. The van der Waals surface area contributed by atoms with Gasteiger partial charge in [-0.15, -0.1) is 24.0 Å². The lowest BCUT2D eigenvalue weighted by molar-refractivity contribution is -0.140. The minimum Gasteiger partial charge on any atom is -0.357 e. The van der Waals surface area contributed by atoms with Crippen molar-refractivity contribution in [2.24, 2.45) is 28.7 Å². The van der Waals surface area contributed by atoms with Crippen molar-refractivity contribution in [3.63, 3.8) is 0 Å². The van der Waals surface area contributed by atoms with Crippen LogP contribution in [0.5, 0.6) is 0 Å². The highest BCUT2D eigenvalue weighted by molar-refractivity contribution is 14.0. The topological polar surface area (TPSA) is 73.8 Å². The Kier molecular flexibility index (Phi) is 8.38. The summed E-state index contributed by atoms with van der Waals surface area (Å²) < 4.78 is 0. The van der Waals surface area contributed by atoms with Crippen molar-refractivity contribution >= 4 is 53.4 Å². The van der Waals surface area contributed by atoms with E-state index in [2.05, 4.69) is 33.8 Å². The number of hydrogen-bond acceptors (Lipinski definition) is 3. The summed E-state index contributed by atoms with van der Waals surface area (Å²) in [6.07, 6.45) is 6.74. The Bertz CT molecular complexity index is 845. The first kappa shape index (κ1) is 24.0. The average molecular weight is 557 g/mol. The molecular formula is C23H30ClIN4O2. The van der Waals surface area contributed by atoms with Crippen molar-refractivity contribution in [2.45, 2.75) is 26.2 Å². The maximum Gasteiger partial charge on any atom is 0.233 e. The molecule has 3 aliphatic rings. The zero-order chi connectivity index (χ0) is 21.1. The molecule has 1 aromatic rings. The van der Waals surface area contributed by atoms with Crippen molar-refractivity contribution in [1.82, 2.24) is 15.5 Å². The number of allylic oxidation sites excluding steroid dienone is 2. The Labute approximate surface area is 205 Å². The molecule has 31 heavy (non-hydrogen) atoms. The van der Waals surface area contributed by atoms with E-state index < -0.39 is 0 Å². The molecule has 0 radical (unpaired) electrons. The molecular weight excluding hydrogens is 527 g/mol. The molecule has 1 saturated carbocycles. The van der Waals surface area contributed by atoms with E-state index in [-0.39, 0.29) is 59.5 Å². The van der Waals surface area contributed by atoms with E-state index in [1.165, 1.54) is 10.5 Å². The summed E-state index contributed by atoms with van der Waals surface area (Å²) in [5.74, 6) is 1.11. The number of carbonyl (C=O) groups excluding carboxylic acids is 2. The van der Waals surface area contributed by atoms with Gasteiger partial charge in [0.15, 0.2) is 5.96 Å². The van der Waals surface area contributed by atoms with Gasteiger partial charge in [-0.3, -0.25) is 19.5 Å². The highest BCUT2D eigenvalue weighted by Gasteiger charge is 2.58. The fourth-order valence-corrected chi connectivity index (χ4v) is 5.18. The summed E-state index contributed by atoms with van der Waals surface area (Å²) in [7, 11) is 0. The molecule has 1 aliphatic heterocycles. The van der Waals surface area contributed by atoms with Gasteiger partial charge in [-0.1, -0.05) is 35.9 Å². The van der Waals surface area contributed by atoms with E-state index in [9.17, 15) is 9.59 Å². The van der Waals surface area contributed by atoms with Crippen LogP contribution < -0.4 is 10.6 Å². The van der Waals surface area contributed by atoms with Gasteiger partial charge < -0.3 is 10.6 Å². The normalized spacial score (nSPS) is 26.3. The molecule has 0 spiro atoms. The predicted molar refractivity (Wildman–Crippen MR) is 134 cm³/mol. The molecule has 6 nitrogen and oxygen atoms in total. The van der Waals surface area contributed by atoms with Gasteiger partial charge in [-0.25, -0.2) is 0 Å². The van der Waals surface area contributed by atoms with Crippen molar-refractivity contribution < 1.29 is 9.59 Å². The summed E-state index contributed by atoms with van der Waals surface area (Å²) in [5, 5.41) is 7.31. The number of fused-ring (bicyclic) bond motifs is 5. The molecule has 2 N–H and O–H groups in total. The van der Waals surface area contributed by atoms with Crippen molar-refractivity contribution in [1.29, 1.82) is 0 Å². The lowest BCUT2D eigenvalue weighted by atomic mass is 9.85. The van der Waals surface area contributed by atoms with Gasteiger partial charge in [-0.2, -0.15) is 0 Å². The lowest BCUT2D eigenvalue weighted by Crippen LogP contribution is -2.38. The summed E-state index contributed by atoms with van der Waals surface area (Å²) in [5.41, 5.74) is 1.17. The summed E-state index contributed by atoms with van der Waals surface area (Å²) >= 11 is 6.03. The smallest absolute Gasteiger partial charge is 0.233 e. The molecule has 8 heteroatoms. The Hall–Kier alpha value is -1.61. The number of imide groups is 1. The Morgan fingerprint density at radius 1 is 1.16 bits per heavy atom. The van der Waals surface area contributed by atoms with Gasteiger partial charge in [-0.05, 0) is 55.7 Å². The summed E-state index contributed by atoms with van der Waals surface area (Å²) in [4.78, 5) is 31.5. The molecule has 2 amide bonds. The zero-order valence-corrected chi connectivity index (χ0v) is 20.8. The molecule has 2 bridgehead atoms. The van der Waals surface area contributed by atoms with E-state index in [0.29, 0.717) is 19.5 Å². The molecule has 2 fully saturated rings. The van der Waals surface area contributed by atoms with E-state index >= 15 is 0 Å². The maximum absolute atomic E-state index is 12.7. The minimum absolute atomic E-state index is 0. The van der Waals surface area contributed by atoms with Crippen LogP contribution in [0.15, 0.2) is 41.4 Å². The molecule has 1 aromatic carbocycles. The second-order valence-electron chi connectivity index (χ2n) is 8.25. The van der Waals surface area contributed by atoms with Crippen LogP contribution >= 0.6 is 35.6 Å². The number of rotatable bonds is 8. The van der Waals surface area contributed by atoms with Gasteiger partial charge >= 0.3 is 0 Å². The Morgan fingerprint density at radius 2 is 1.87 bits per heavy atom. The van der Waals surface area contributed by atoms with Crippen LogP contribution in [0.25, 0.3) is 0 Å². The molecule has 4 atom stereocenters. The fourth-order valence-electron chi connectivity index (χ4n) is 4.96. The first-order valence-electron chi connectivity index (χ1n) is 10.9. The van der Waals surface area contributed by atoms with Crippen LogP contribution in [0.4, 0.5) is 0 Å². The first-order valence-corrected chi connectivity index (χ1v) is 11.3. The van der Waals surface area contributed by atoms with Crippen LogP contribution in [-0.4, -0.2) is 48.9 Å². The highest BCUT2D eigenvalue weighted by atomic mass is 127. The van der Waals surface area contributed by atoms with Crippen molar-refractivity contribution in [3.8, 4) is 0 Å². The Morgan fingerprint density at radius 3 is 2.52 bits per heavy atom. The molecule has 168 valence electrons. The predicted octanol–water partition coefficient (Wildman–Crippen LogP) is 3.25. The van der Waals surface area contributed by atoms with Gasteiger partial charge in [0.05, 0.1) is 11.8 Å². The van der Waals surface area contributed by atoms with Crippen molar-refractivity contribution in [3.05, 3.63) is 47.0 Å². The van der Waals surface area contributed by atoms with E-state index in [0.717, 1.165) is 36.9 Å². The van der Waals surface area contributed by atoms with Gasteiger partial charge in [0.1, 0.15) is 0 Å². The number of benzene rings is 1. The second-order valence-corrected chi connectivity index (χ2v) is 8.69. The largest absolute Gasteiger partial charge is 0.357 e. The number of nitrogens with zero attached hydrogens (tertiary/aromatic N) is 2. The number of guanidine groups is 1. The number of nitrogens with one attached hydrogen (secondary N) is 2. The van der Waals surface area contributed by atoms with Crippen LogP contribution in [0.1, 0.15) is 25.3 Å². The third-order valence-corrected chi connectivity index (χ3v) is 6.55. The van der Waals surface area contributed by atoms with Crippen LogP contribution in [0.2, 0.25) is 5.02 Å². The van der Waals surface area contributed by atoms with E-state index in [1.807, 2.05) is 25.1 Å². The average Bonchev–Trinajstić information content (AvgIpc) is 3.40. The second kappa shape index (κ2) is 10.8. The summed E-state index contributed by atoms with van der Waals surface area (Å²) in [6.45, 7) is 4.55. The van der Waals surface area contributed by atoms with Gasteiger partial charge in [0, 0.05) is 31.2 Å². The van der Waals surface area contributed by atoms with E-state index in [1.54, 1.807) is 0 Å². The number of hydrogen-bond donors (Lipinski definition) is 2. The molecule has 0 aromatic heterocycles. The van der Waals surface area contributed by atoms with Crippen LogP contribution in [0.3, 0.4) is 0 Å². The maximum atomic E-state index is 12.7. The number of likely N-dealkylation sites (tertiary alicyclic amines) is 1. The third-order valence-electron chi connectivity index (χ3n) is 6.31. The fraction of sp³-hybridized carbons (Fsp3) is 0.522. The quantitative estimate of drug-likeness (QED) is 0.129.